The number of hydrogen-bond donors (Lipinski definition) is 3. The fraction of sp³-hybridized carbons (Fsp3) is 0.115. The highest BCUT2D eigenvalue weighted by atomic mass is 32.2. The van der Waals surface area contributed by atoms with Crippen LogP contribution in [0.3, 0.4) is 0 Å². The molecular formula is C26H24N4O2S3. The number of ether oxygens (including phenoxy) is 1. The molecule has 9 heteroatoms. The van der Waals surface area contributed by atoms with Crippen LogP contribution in [0.1, 0.15) is 6.92 Å². The average molecular weight is 521 g/mol. The van der Waals surface area contributed by atoms with E-state index in [4.69, 9.17) is 17.0 Å². The van der Waals surface area contributed by atoms with Crippen molar-refractivity contribution in [2.45, 2.75) is 11.8 Å². The van der Waals surface area contributed by atoms with Gasteiger partial charge in [0.05, 0.1) is 18.1 Å². The quantitative estimate of drug-likeness (QED) is 0.166. The molecule has 0 radical (unpaired) electrons. The highest BCUT2D eigenvalue weighted by molar-refractivity contribution is 8.00. The van der Waals surface area contributed by atoms with Crippen molar-refractivity contribution in [1.82, 2.24) is 4.98 Å². The van der Waals surface area contributed by atoms with E-state index in [-0.39, 0.29) is 11.7 Å². The number of hydrogen-bond acceptors (Lipinski definition) is 6. The van der Waals surface area contributed by atoms with Crippen molar-refractivity contribution >= 4 is 62.8 Å². The smallest absolute Gasteiger partial charge is 0.236 e. The fourth-order valence-corrected chi connectivity index (χ4v) is 4.86. The van der Waals surface area contributed by atoms with Gasteiger partial charge in [-0.3, -0.25) is 4.79 Å². The van der Waals surface area contributed by atoms with Crippen LogP contribution in [0.15, 0.2) is 89.1 Å². The van der Waals surface area contributed by atoms with E-state index in [1.807, 2.05) is 91.2 Å². The van der Waals surface area contributed by atoms with Crippen LogP contribution in [0.25, 0.3) is 11.3 Å². The second-order valence-corrected chi connectivity index (χ2v) is 9.62. The molecule has 1 amide bonds. The topological polar surface area (TPSA) is 75.3 Å². The minimum absolute atomic E-state index is 0.109. The summed E-state index contributed by atoms with van der Waals surface area (Å²) in [5.41, 5.74) is 3.56. The van der Waals surface area contributed by atoms with Gasteiger partial charge in [-0.1, -0.05) is 24.3 Å². The molecule has 0 aliphatic heterocycles. The van der Waals surface area contributed by atoms with E-state index in [0.29, 0.717) is 16.9 Å². The lowest BCUT2D eigenvalue weighted by Crippen LogP contribution is -2.19. The summed E-state index contributed by atoms with van der Waals surface area (Å²) < 4.78 is 5.48. The number of para-hydroxylation sites is 1. The lowest BCUT2D eigenvalue weighted by Gasteiger charge is -2.11. The minimum atomic E-state index is -0.109. The van der Waals surface area contributed by atoms with Gasteiger partial charge in [0.2, 0.25) is 5.91 Å². The third kappa shape index (κ3) is 7.54. The molecule has 1 aromatic heterocycles. The molecule has 3 aromatic carbocycles. The van der Waals surface area contributed by atoms with E-state index in [2.05, 4.69) is 20.9 Å². The lowest BCUT2D eigenvalue weighted by molar-refractivity contribution is -0.113. The zero-order valence-corrected chi connectivity index (χ0v) is 21.4. The van der Waals surface area contributed by atoms with Crippen LogP contribution in [0, 0.1) is 0 Å². The molecule has 0 bridgehead atoms. The molecular weight excluding hydrogens is 497 g/mol. The maximum absolute atomic E-state index is 12.5. The first-order valence-electron chi connectivity index (χ1n) is 10.9. The van der Waals surface area contributed by atoms with E-state index >= 15 is 0 Å². The van der Waals surface area contributed by atoms with E-state index in [0.717, 1.165) is 33.3 Å². The molecule has 178 valence electrons. The summed E-state index contributed by atoms with van der Waals surface area (Å²) in [5.74, 6) is 0.988. The maximum atomic E-state index is 12.5. The van der Waals surface area contributed by atoms with Crippen LogP contribution >= 0.6 is 35.3 Å². The number of thiazole rings is 1. The Morgan fingerprint density at radius 2 is 1.71 bits per heavy atom. The molecule has 35 heavy (non-hydrogen) atoms. The summed E-state index contributed by atoms with van der Waals surface area (Å²) in [7, 11) is 0. The Hall–Kier alpha value is -3.40. The molecule has 0 spiro atoms. The van der Waals surface area contributed by atoms with Gasteiger partial charge >= 0.3 is 0 Å². The van der Waals surface area contributed by atoms with Crippen LogP contribution in [0.2, 0.25) is 0 Å². The molecule has 3 N–H and O–H groups in total. The van der Waals surface area contributed by atoms with Gasteiger partial charge in [-0.15, -0.1) is 23.1 Å². The van der Waals surface area contributed by atoms with Crippen molar-refractivity contribution < 1.29 is 9.53 Å². The summed E-state index contributed by atoms with van der Waals surface area (Å²) in [6, 6.07) is 25.3. The number of thiocarbonyl (C=S) groups is 1. The van der Waals surface area contributed by atoms with Gasteiger partial charge in [0.25, 0.3) is 0 Å². The monoisotopic (exact) mass is 520 g/mol. The SMILES string of the molecule is CCOc1ccc(-c2csc(NC(=O)CSc3cccc(NC(=S)Nc4ccccc4)c3)n2)cc1. The van der Waals surface area contributed by atoms with Crippen molar-refractivity contribution in [2.24, 2.45) is 0 Å². The first-order chi connectivity index (χ1) is 17.1. The third-order valence-corrected chi connectivity index (χ3v) is 6.66. The lowest BCUT2D eigenvalue weighted by atomic mass is 10.2. The van der Waals surface area contributed by atoms with Gasteiger partial charge in [-0.2, -0.15) is 0 Å². The van der Waals surface area contributed by atoms with E-state index in [1.165, 1.54) is 23.1 Å². The van der Waals surface area contributed by atoms with Gasteiger partial charge in [0.1, 0.15) is 5.75 Å². The summed E-state index contributed by atoms with van der Waals surface area (Å²) in [6.45, 7) is 2.58. The number of thioether (sulfide) groups is 1. The van der Waals surface area contributed by atoms with Crippen molar-refractivity contribution in [3.05, 3.63) is 84.2 Å². The van der Waals surface area contributed by atoms with Gasteiger partial charge in [0, 0.05) is 27.2 Å². The van der Waals surface area contributed by atoms with Crippen LogP contribution in [0.4, 0.5) is 16.5 Å². The molecule has 4 aromatic rings. The average Bonchev–Trinajstić information content (AvgIpc) is 3.32. The fourth-order valence-electron chi connectivity index (χ4n) is 3.14. The molecule has 0 unspecified atom stereocenters. The number of carbonyl (C=O) groups excluding carboxylic acids is 1. The van der Waals surface area contributed by atoms with Crippen LogP contribution in [-0.4, -0.2) is 28.4 Å². The van der Waals surface area contributed by atoms with Crippen molar-refractivity contribution in [1.29, 1.82) is 0 Å². The van der Waals surface area contributed by atoms with E-state index in [1.54, 1.807) is 0 Å². The molecule has 1 heterocycles. The Balaban J connectivity index is 1.27. The number of carbonyl (C=O) groups is 1. The number of amides is 1. The molecule has 0 fully saturated rings. The van der Waals surface area contributed by atoms with Crippen LogP contribution in [0.5, 0.6) is 5.75 Å². The molecule has 0 aliphatic rings. The second-order valence-electron chi connectivity index (χ2n) is 7.31. The molecule has 0 saturated heterocycles. The molecule has 0 atom stereocenters. The zero-order valence-electron chi connectivity index (χ0n) is 19.0. The summed E-state index contributed by atoms with van der Waals surface area (Å²) in [6.07, 6.45) is 0. The number of benzene rings is 3. The first kappa shape index (κ1) is 24.7. The zero-order chi connectivity index (χ0) is 24.5. The van der Waals surface area contributed by atoms with Gasteiger partial charge in [0.15, 0.2) is 10.2 Å². The van der Waals surface area contributed by atoms with E-state index in [9.17, 15) is 4.79 Å². The largest absolute Gasteiger partial charge is 0.494 e. The first-order valence-corrected chi connectivity index (χ1v) is 13.2. The van der Waals surface area contributed by atoms with Crippen LogP contribution < -0.4 is 20.7 Å². The molecule has 0 saturated carbocycles. The van der Waals surface area contributed by atoms with Gasteiger partial charge in [-0.25, -0.2) is 4.98 Å². The third-order valence-electron chi connectivity index (χ3n) is 4.71. The number of nitrogens with zero attached hydrogens (tertiary/aromatic N) is 1. The highest BCUT2D eigenvalue weighted by Crippen LogP contribution is 2.27. The van der Waals surface area contributed by atoms with Crippen molar-refractivity contribution in [3.8, 4) is 17.0 Å². The molecule has 6 nitrogen and oxygen atoms in total. The normalized spacial score (nSPS) is 10.4. The summed E-state index contributed by atoms with van der Waals surface area (Å²) in [5, 5.41) is 12.2. The minimum Gasteiger partial charge on any atom is -0.494 e. The Bertz CT molecular complexity index is 1280. The number of anilines is 3. The van der Waals surface area contributed by atoms with Crippen LogP contribution in [-0.2, 0) is 4.79 Å². The van der Waals surface area contributed by atoms with Crippen molar-refractivity contribution in [2.75, 3.05) is 28.3 Å². The van der Waals surface area contributed by atoms with Gasteiger partial charge in [-0.05, 0) is 73.7 Å². The Morgan fingerprint density at radius 3 is 2.49 bits per heavy atom. The Labute approximate surface area is 218 Å². The maximum Gasteiger partial charge on any atom is 0.236 e. The molecule has 0 aliphatic carbocycles. The predicted octanol–water partition coefficient (Wildman–Crippen LogP) is 6.75. The second kappa shape index (κ2) is 12.3. The van der Waals surface area contributed by atoms with E-state index < -0.39 is 0 Å². The number of aromatic nitrogens is 1. The Morgan fingerprint density at radius 1 is 0.971 bits per heavy atom. The number of nitrogens with one attached hydrogen (secondary N) is 3. The predicted molar refractivity (Wildman–Crippen MR) is 151 cm³/mol. The Kier molecular flexibility index (Phi) is 8.72. The van der Waals surface area contributed by atoms with Gasteiger partial charge < -0.3 is 20.7 Å². The molecule has 4 rings (SSSR count). The summed E-state index contributed by atoms with van der Waals surface area (Å²) >= 11 is 8.24. The number of rotatable bonds is 9. The standard InChI is InChI=1S/C26H24N4O2S3/c1-2-32-21-13-11-18(12-14-21)23-16-35-26(29-23)30-24(31)17-34-22-10-6-9-20(15-22)28-25(33)27-19-7-4-3-5-8-19/h3-16H,2,17H2,1H3,(H2,27,28,33)(H,29,30,31). The highest BCUT2D eigenvalue weighted by Gasteiger charge is 2.10. The summed E-state index contributed by atoms with van der Waals surface area (Å²) in [4.78, 5) is 18.0. The van der Waals surface area contributed by atoms with Crippen molar-refractivity contribution in [3.63, 3.8) is 0 Å².